The second-order valence-corrected chi connectivity index (χ2v) is 14.2. The van der Waals surface area contributed by atoms with Gasteiger partial charge in [-0.05, 0) is 0 Å². The Bertz CT molecular complexity index is 1230. The molecule has 1 saturated heterocycles. The predicted molar refractivity (Wildman–Crippen MR) is 191 cm³/mol. The van der Waals surface area contributed by atoms with Crippen LogP contribution in [0.2, 0.25) is 0 Å². The molecule has 4 rings (SSSR count). The zero-order valence-electron chi connectivity index (χ0n) is 28.2. The third kappa shape index (κ3) is 11.2. The minimum absolute atomic E-state index is 0.00763. The summed E-state index contributed by atoms with van der Waals surface area (Å²) in [6.07, 6.45) is 0.295. The highest BCUT2D eigenvalue weighted by Crippen LogP contribution is 2.29. The van der Waals surface area contributed by atoms with Gasteiger partial charge in [0.25, 0.3) is 0 Å². The van der Waals surface area contributed by atoms with Crippen LogP contribution >= 0.6 is 47.8 Å². The van der Waals surface area contributed by atoms with Crippen molar-refractivity contribution in [2.75, 3.05) is 35.6 Å². The van der Waals surface area contributed by atoms with E-state index in [2.05, 4.69) is 63.7 Å². The molecule has 15 nitrogen and oxygen atoms in total. The minimum Gasteiger partial charge on any atom is -0.455 e. The monoisotopic (exact) mass is 909 g/mol. The highest BCUT2D eigenvalue weighted by atomic mass is 79.9. The number of cyclic esters (lactones) is 3. The van der Waals surface area contributed by atoms with E-state index in [9.17, 15) is 28.8 Å². The molecule has 0 aromatic rings. The fourth-order valence-corrected chi connectivity index (χ4v) is 6.32. The van der Waals surface area contributed by atoms with E-state index in [0.29, 0.717) is 0 Å². The molecule has 0 aliphatic carbocycles. The Hall–Kier alpha value is -2.64. The maximum absolute atomic E-state index is 13.8. The Labute approximate surface area is 320 Å². The molecule has 12 atom stereocenters. The smallest absolute Gasteiger partial charge is 0.336 e. The Balaban J connectivity index is 1.74. The highest BCUT2D eigenvalue weighted by Gasteiger charge is 2.44. The lowest BCUT2D eigenvalue weighted by Crippen LogP contribution is -2.54. The first-order valence-electron chi connectivity index (χ1n) is 16.5. The summed E-state index contributed by atoms with van der Waals surface area (Å²) in [5, 5.41) is 8.01. The van der Waals surface area contributed by atoms with E-state index < -0.39 is 90.6 Å². The lowest BCUT2D eigenvalue weighted by atomic mass is 9.96. The summed E-state index contributed by atoms with van der Waals surface area (Å²) in [6, 6.07) is 0. The van der Waals surface area contributed by atoms with Gasteiger partial charge in [-0.1, -0.05) is 105 Å². The first kappa shape index (κ1) is 41.1. The number of alkyl halides is 3. The molecule has 1 fully saturated rings. The van der Waals surface area contributed by atoms with Gasteiger partial charge in [0.05, 0.1) is 35.6 Å². The number of carbonyl (C=O) groups excluding carboxylic acids is 6. The number of esters is 3. The number of ether oxygens (including phenoxy) is 6. The van der Waals surface area contributed by atoms with Crippen molar-refractivity contribution in [2.24, 2.45) is 17.8 Å². The Morgan fingerprint density at radius 2 is 0.765 bits per heavy atom. The predicted octanol–water partition coefficient (Wildman–Crippen LogP) is 1.15. The van der Waals surface area contributed by atoms with Crippen LogP contribution in [0.5, 0.6) is 0 Å². The van der Waals surface area contributed by atoms with Gasteiger partial charge in [-0.25, -0.2) is 14.4 Å². The third-order valence-electron chi connectivity index (χ3n) is 8.62. The van der Waals surface area contributed by atoms with Crippen molar-refractivity contribution in [3.8, 4) is 0 Å². The van der Waals surface area contributed by atoms with E-state index in [4.69, 9.17) is 28.4 Å². The second-order valence-electron chi connectivity index (χ2n) is 12.5. The van der Waals surface area contributed by atoms with Crippen molar-refractivity contribution in [1.82, 2.24) is 16.0 Å². The summed E-state index contributed by atoms with van der Waals surface area (Å²) in [5.41, 5.74) is 0. The highest BCUT2D eigenvalue weighted by molar-refractivity contribution is 9.09. The molecule has 0 spiro atoms. The quantitative estimate of drug-likeness (QED) is 0.130. The molecule has 0 unspecified atom stereocenters. The van der Waals surface area contributed by atoms with Gasteiger partial charge in [-0.3, -0.25) is 14.4 Å². The first-order chi connectivity index (χ1) is 24.3. The Morgan fingerprint density at radius 3 is 1.00 bits per heavy atom. The fraction of sp³-hybridized carbons (Fsp3) is 0.636. The molecule has 0 radical (unpaired) electrons. The van der Waals surface area contributed by atoms with Crippen LogP contribution in [0.25, 0.3) is 0 Å². The zero-order valence-corrected chi connectivity index (χ0v) is 32.9. The van der Waals surface area contributed by atoms with Crippen LogP contribution in [0.1, 0.15) is 20.8 Å². The maximum Gasteiger partial charge on any atom is 0.336 e. The standard InChI is InChI=1S/C33H42Br3N3O12/c1-16-4-7-19-22(13-37-25(40)10-34)50-32(44)29-18(3)6-9-21(48-29)24(15-39-27(42)12-36)51-33(45)30-17(2)5-8-20(47-30)23(14-38-26(41)11-35)49-31(43)28(16)46-19/h4-9,16-24,28-30H,10-15H2,1-3H3,(H,37,40)(H,38,41)(H,39,42)/t16-,17-,18-,19-,20-,21-,22+,23+,24+,28+,29+,30+/m0/s1. The van der Waals surface area contributed by atoms with E-state index in [1.54, 1.807) is 57.2 Å². The van der Waals surface area contributed by atoms with Gasteiger partial charge in [-0.2, -0.15) is 0 Å². The van der Waals surface area contributed by atoms with Crippen molar-refractivity contribution in [2.45, 2.75) is 75.7 Å². The number of hydrogen-bond donors (Lipinski definition) is 3. The van der Waals surface area contributed by atoms with Crippen LogP contribution in [0.3, 0.4) is 0 Å². The van der Waals surface area contributed by atoms with Gasteiger partial charge in [-0.15, -0.1) is 0 Å². The minimum atomic E-state index is -1.18. The number of rotatable bonds is 9. The van der Waals surface area contributed by atoms with Crippen molar-refractivity contribution < 1.29 is 57.2 Å². The summed E-state index contributed by atoms with van der Waals surface area (Å²) in [5.74, 6) is -4.95. The van der Waals surface area contributed by atoms with Crippen molar-refractivity contribution in [3.63, 3.8) is 0 Å². The van der Waals surface area contributed by atoms with Crippen molar-refractivity contribution >= 4 is 83.4 Å². The van der Waals surface area contributed by atoms with Crippen molar-refractivity contribution in [1.29, 1.82) is 0 Å². The van der Waals surface area contributed by atoms with Crippen molar-refractivity contribution in [3.05, 3.63) is 36.5 Å². The molecule has 6 bridgehead atoms. The normalized spacial score (nSPS) is 35.3. The molecule has 51 heavy (non-hydrogen) atoms. The number of fused-ring (bicyclic) bond motifs is 6. The molecule has 4 heterocycles. The maximum atomic E-state index is 13.8. The van der Waals surface area contributed by atoms with Gasteiger partial charge in [0.2, 0.25) is 17.7 Å². The number of nitrogens with one attached hydrogen (secondary N) is 3. The third-order valence-corrected chi connectivity index (χ3v) is 10.1. The van der Waals surface area contributed by atoms with Gasteiger partial charge in [0, 0.05) is 17.8 Å². The molecule has 3 N–H and O–H groups in total. The van der Waals surface area contributed by atoms with Gasteiger partial charge < -0.3 is 44.4 Å². The molecular weight excluding hydrogens is 870 g/mol. The largest absolute Gasteiger partial charge is 0.455 e. The van der Waals surface area contributed by atoms with Crippen LogP contribution in [0.4, 0.5) is 0 Å². The molecular formula is C33H42Br3N3O12. The van der Waals surface area contributed by atoms with E-state index in [0.717, 1.165) is 0 Å². The van der Waals surface area contributed by atoms with Gasteiger partial charge in [0.1, 0.15) is 36.6 Å². The van der Waals surface area contributed by atoms with E-state index in [-0.39, 0.29) is 53.3 Å². The lowest BCUT2D eigenvalue weighted by molar-refractivity contribution is -0.198. The van der Waals surface area contributed by atoms with Crippen LogP contribution in [0, 0.1) is 17.8 Å². The molecule has 4 aliphatic rings. The molecule has 18 heteroatoms. The molecule has 4 aliphatic heterocycles. The first-order valence-corrected chi connectivity index (χ1v) is 19.8. The molecule has 0 aromatic heterocycles. The summed E-state index contributed by atoms with van der Waals surface area (Å²) in [7, 11) is 0. The SMILES string of the molecule is C[C@H]1C=C[C@@H]2O[C@H]1C(=O)O[C@H](CNC(=O)CBr)[C@@H]1C=C[C@H](C)[C@@H](O1)C(=O)O[C@H](CNC(=O)CBr)[C@@H]1C=C[C@H](C)[C@@H](O1)C(=O)O[C@@H]2CNC(=O)CBr. The zero-order chi connectivity index (χ0) is 37.2. The van der Waals surface area contributed by atoms with Crippen LogP contribution in [0.15, 0.2) is 36.5 Å². The number of carbonyl (C=O) groups is 6. The van der Waals surface area contributed by atoms with Crippen LogP contribution in [-0.4, -0.2) is 126 Å². The van der Waals surface area contributed by atoms with E-state index in [1.165, 1.54) is 0 Å². The molecule has 0 saturated carbocycles. The van der Waals surface area contributed by atoms with Crippen LogP contribution < -0.4 is 16.0 Å². The second kappa shape index (κ2) is 19.4. The van der Waals surface area contributed by atoms with E-state index >= 15 is 0 Å². The summed E-state index contributed by atoms with van der Waals surface area (Å²) < 4.78 is 36.4. The summed E-state index contributed by atoms with van der Waals surface area (Å²) in [4.78, 5) is 78.0. The summed E-state index contributed by atoms with van der Waals surface area (Å²) in [6.45, 7) is 4.73. The molecule has 0 aromatic carbocycles. The van der Waals surface area contributed by atoms with E-state index in [1.807, 2.05) is 0 Å². The van der Waals surface area contributed by atoms with Crippen LogP contribution in [-0.2, 0) is 57.2 Å². The number of halogens is 3. The lowest BCUT2D eigenvalue weighted by Gasteiger charge is -2.38. The Kier molecular flexibility index (Phi) is 15.7. The number of hydrogen-bond acceptors (Lipinski definition) is 12. The Morgan fingerprint density at radius 1 is 0.510 bits per heavy atom. The topological polar surface area (TPSA) is 194 Å². The van der Waals surface area contributed by atoms with Gasteiger partial charge >= 0.3 is 17.9 Å². The van der Waals surface area contributed by atoms with Gasteiger partial charge in [0.15, 0.2) is 18.3 Å². The summed E-state index contributed by atoms with van der Waals surface area (Å²) >= 11 is 9.31. The molecule has 3 amide bonds. The molecule has 282 valence electrons. The number of amides is 3. The average molecular weight is 912 g/mol. The fourth-order valence-electron chi connectivity index (χ4n) is 5.73. The average Bonchev–Trinajstić information content (AvgIpc) is 3.12.